The SMILES string of the molecule is CCNC(=NCCS(=O)Cc1ccccc1)N1CCC(CN2CCCC2)C1.I. The normalized spacial score (nSPS) is 21.5. The molecule has 2 aliphatic heterocycles. The highest BCUT2D eigenvalue weighted by molar-refractivity contribution is 14.0. The molecule has 28 heavy (non-hydrogen) atoms. The lowest BCUT2D eigenvalue weighted by atomic mass is 10.1. The summed E-state index contributed by atoms with van der Waals surface area (Å²) in [5.41, 5.74) is 1.14. The Morgan fingerprint density at radius 3 is 2.68 bits per heavy atom. The number of rotatable bonds is 8. The maximum absolute atomic E-state index is 12.3. The predicted molar refractivity (Wildman–Crippen MR) is 130 cm³/mol. The van der Waals surface area contributed by atoms with E-state index in [2.05, 4.69) is 22.0 Å². The molecule has 1 aromatic carbocycles. The average Bonchev–Trinajstić information content (AvgIpc) is 3.34. The molecule has 0 radical (unpaired) electrons. The first-order chi connectivity index (χ1) is 13.2. The number of halogens is 1. The number of nitrogens with one attached hydrogen (secondary N) is 1. The molecule has 2 heterocycles. The van der Waals surface area contributed by atoms with Crippen molar-refractivity contribution in [2.75, 3.05) is 51.6 Å². The zero-order valence-corrected chi connectivity index (χ0v) is 20.2. The standard InChI is InChI=1S/C21H34N4OS.HI/c1-2-22-21(23-11-15-27(26)18-19-8-4-3-5-9-19)25-14-10-20(17-25)16-24-12-6-7-13-24;/h3-5,8-9,20H,2,6-7,10-18H2,1H3,(H,22,23);1H. The molecule has 2 fully saturated rings. The molecule has 0 saturated carbocycles. The number of aliphatic imine (C=N–C) groups is 1. The second-order valence-corrected chi connectivity index (χ2v) is 9.19. The van der Waals surface area contributed by atoms with Crippen LogP contribution in [0.5, 0.6) is 0 Å². The van der Waals surface area contributed by atoms with Gasteiger partial charge in [0, 0.05) is 48.5 Å². The van der Waals surface area contributed by atoms with Crippen LogP contribution in [-0.2, 0) is 16.6 Å². The predicted octanol–water partition coefficient (Wildman–Crippen LogP) is 2.94. The van der Waals surface area contributed by atoms with Crippen molar-refractivity contribution >= 4 is 40.7 Å². The van der Waals surface area contributed by atoms with Crippen molar-refractivity contribution in [2.24, 2.45) is 10.9 Å². The number of hydrogen-bond donors (Lipinski definition) is 1. The summed E-state index contributed by atoms with van der Waals surface area (Å²) in [5, 5.41) is 3.43. The van der Waals surface area contributed by atoms with Crippen LogP contribution in [0, 0.1) is 5.92 Å². The van der Waals surface area contributed by atoms with Crippen LogP contribution >= 0.6 is 24.0 Å². The van der Waals surface area contributed by atoms with Crippen molar-refractivity contribution in [3.05, 3.63) is 35.9 Å². The summed E-state index contributed by atoms with van der Waals surface area (Å²) in [6.45, 7) is 9.56. The fourth-order valence-corrected chi connectivity index (χ4v) is 5.02. The van der Waals surface area contributed by atoms with E-state index >= 15 is 0 Å². The summed E-state index contributed by atoms with van der Waals surface area (Å²) < 4.78 is 12.3. The van der Waals surface area contributed by atoms with E-state index in [4.69, 9.17) is 4.99 Å². The van der Waals surface area contributed by atoms with Gasteiger partial charge in [-0.1, -0.05) is 30.3 Å². The summed E-state index contributed by atoms with van der Waals surface area (Å²) in [4.78, 5) is 9.78. The fraction of sp³-hybridized carbons (Fsp3) is 0.667. The van der Waals surface area contributed by atoms with Crippen molar-refractivity contribution in [3.8, 4) is 0 Å². The van der Waals surface area contributed by atoms with E-state index in [9.17, 15) is 4.21 Å². The second kappa shape index (κ2) is 12.8. The van der Waals surface area contributed by atoms with E-state index in [0.29, 0.717) is 18.1 Å². The third kappa shape index (κ3) is 7.63. The van der Waals surface area contributed by atoms with Gasteiger partial charge in [-0.05, 0) is 50.8 Å². The highest BCUT2D eigenvalue weighted by atomic mass is 127. The Balaban J connectivity index is 0.00000280. The van der Waals surface area contributed by atoms with Crippen LogP contribution in [0.25, 0.3) is 0 Å². The molecule has 7 heteroatoms. The number of nitrogens with zero attached hydrogens (tertiary/aromatic N) is 3. The van der Waals surface area contributed by atoms with E-state index in [0.717, 1.165) is 37.1 Å². The van der Waals surface area contributed by atoms with Gasteiger partial charge in [0.25, 0.3) is 0 Å². The molecule has 5 nitrogen and oxygen atoms in total. The lowest BCUT2D eigenvalue weighted by Crippen LogP contribution is -2.41. The summed E-state index contributed by atoms with van der Waals surface area (Å²) in [6, 6.07) is 10.1. The van der Waals surface area contributed by atoms with E-state index in [-0.39, 0.29) is 24.0 Å². The van der Waals surface area contributed by atoms with Crippen molar-refractivity contribution in [3.63, 3.8) is 0 Å². The third-order valence-electron chi connectivity index (χ3n) is 5.39. The second-order valence-electron chi connectivity index (χ2n) is 7.62. The first-order valence-corrected chi connectivity index (χ1v) is 11.9. The van der Waals surface area contributed by atoms with E-state index in [1.165, 1.54) is 38.9 Å². The average molecular weight is 519 g/mol. The molecular weight excluding hydrogens is 483 g/mol. The van der Waals surface area contributed by atoms with Crippen LogP contribution in [0.4, 0.5) is 0 Å². The third-order valence-corrected chi connectivity index (χ3v) is 6.68. The van der Waals surface area contributed by atoms with Gasteiger partial charge < -0.3 is 15.1 Å². The summed E-state index contributed by atoms with van der Waals surface area (Å²) in [7, 11) is -0.863. The summed E-state index contributed by atoms with van der Waals surface area (Å²) >= 11 is 0. The first-order valence-electron chi connectivity index (χ1n) is 10.4. The van der Waals surface area contributed by atoms with E-state index in [1.54, 1.807) is 0 Å². The minimum Gasteiger partial charge on any atom is -0.357 e. The highest BCUT2D eigenvalue weighted by Gasteiger charge is 2.27. The van der Waals surface area contributed by atoms with Crippen LogP contribution < -0.4 is 5.32 Å². The lowest BCUT2D eigenvalue weighted by molar-refractivity contribution is 0.281. The zero-order chi connectivity index (χ0) is 18.9. The molecule has 1 N–H and O–H groups in total. The Morgan fingerprint density at radius 2 is 1.96 bits per heavy atom. The summed E-state index contributed by atoms with van der Waals surface area (Å²) in [6.07, 6.45) is 3.97. The van der Waals surface area contributed by atoms with Gasteiger partial charge in [-0.3, -0.25) is 9.20 Å². The Bertz CT molecular complexity index is 622. The number of hydrogen-bond acceptors (Lipinski definition) is 3. The highest BCUT2D eigenvalue weighted by Crippen LogP contribution is 2.20. The minimum absolute atomic E-state index is 0. The van der Waals surface area contributed by atoms with Gasteiger partial charge in [0.15, 0.2) is 5.96 Å². The Morgan fingerprint density at radius 1 is 1.21 bits per heavy atom. The van der Waals surface area contributed by atoms with Crippen LogP contribution in [0.1, 0.15) is 31.7 Å². The first kappa shape index (κ1) is 23.6. The van der Waals surface area contributed by atoms with Gasteiger partial charge in [-0.2, -0.15) is 0 Å². The number of likely N-dealkylation sites (tertiary alicyclic amines) is 2. The van der Waals surface area contributed by atoms with Crippen molar-refractivity contribution in [2.45, 2.75) is 31.9 Å². The molecule has 2 saturated heterocycles. The summed E-state index contributed by atoms with van der Waals surface area (Å²) in [5.74, 6) is 2.99. The smallest absolute Gasteiger partial charge is 0.193 e. The monoisotopic (exact) mass is 518 g/mol. The van der Waals surface area contributed by atoms with Gasteiger partial charge >= 0.3 is 0 Å². The van der Waals surface area contributed by atoms with Crippen LogP contribution in [0.3, 0.4) is 0 Å². The van der Waals surface area contributed by atoms with Crippen molar-refractivity contribution < 1.29 is 4.21 Å². The van der Waals surface area contributed by atoms with Gasteiger partial charge in [0.2, 0.25) is 0 Å². The maximum Gasteiger partial charge on any atom is 0.193 e. The minimum atomic E-state index is -0.863. The molecule has 0 spiro atoms. The molecule has 158 valence electrons. The molecular formula is C21H35IN4OS. The van der Waals surface area contributed by atoms with Crippen LogP contribution in [-0.4, -0.2) is 71.5 Å². The molecule has 0 amide bonds. The molecule has 0 aliphatic carbocycles. The molecule has 2 unspecified atom stereocenters. The fourth-order valence-electron chi connectivity index (χ4n) is 4.02. The molecule has 3 rings (SSSR count). The molecule has 0 aromatic heterocycles. The van der Waals surface area contributed by atoms with Gasteiger partial charge in [0.05, 0.1) is 6.54 Å². The Kier molecular flexibility index (Phi) is 10.8. The lowest BCUT2D eigenvalue weighted by Gasteiger charge is -2.23. The maximum atomic E-state index is 12.3. The molecule has 2 atom stereocenters. The van der Waals surface area contributed by atoms with Gasteiger partial charge in [0.1, 0.15) is 0 Å². The molecule has 2 aliphatic rings. The van der Waals surface area contributed by atoms with Crippen molar-refractivity contribution in [1.29, 1.82) is 0 Å². The van der Waals surface area contributed by atoms with E-state index < -0.39 is 10.8 Å². The van der Waals surface area contributed by atoms with Crippen molar-refractivity contribution in [1.82, 2.24) is 15.1 Å². The van der Waals surface area contributed by atoms with Crippen LogP contribution in [0.15, 0.2) is 35.3 Å². The van der Waals surface area contributed by atoms with Gasteiger partial charge in [-0.25, -0.2) is 0 Å². The zero-order valence-electron chi connectivity index (χ0n) is 17.0. The Labute approximate surface area is 189 Å². The van der Waals surface area contributed by atoms with Crippen LogP contribution in [0.2, 0.25) is 0 Å². The molecule has 1 aromatic rings. The Hall–Kier alpha value is -0.670. The topological polar surface area (TPSA) is 47.9 Å². The number of benzene rings is 1. The van der Waals surface area contributed by atoms with Gasteiger partial charge in [-0.15, -0.1) is 24.0 Å². The molecule has 0 bridgehead atoms. The number of guanidine groups is 1. The van der Waals surface area contributed by atoms with E-state index in [1.807, 2.05) is 30.3 Å². The largest absolute Gasteiger partial charge is 0.357 e. The quantitative estimate of drug-likeness (QED) is 0.327.